The number of aryl methyl sites for hydroxylation is 2. The third-order valence-corrected chi connectivity index (χ3v) is 4.48. The van der Waals surface area contributed by atoms with Crippen molar-refractivity contribution in [2.75, 3.05) is 12.3 Å². The second-order valence-corrected chi connectivity index (χ2v) is 6.44. The smallest absolute Gasteiger partial charge is 0.216 e. The van der Waals surface area contributed by atoms with E-state index in [2.05, 4.69) is 49.7 Å². The summed E-state index contributed by atoms with van der Waals surface area (Å²) in [7, 11) is 0. The Morgan fingerprint density at radius 3 is 2.64 bits per heavy atom. The van der Waals surface area contributed by atoms with E-state index in [4.69, 9.17) is 10.9 Å². The quantitative estimate of drug-likeness (QED) is 0.184. The number of nitrogens with zero attached hydrogens (tertiary/aromatic N) is 3. The summed E-state index contributed by atoms with van der Waals surface area (Å²) >= 11 is 1.29. The van der Waals surface area contributed by atoms with Crippen LogP contribution < -0.4 is 11.1 Å². The van der Waals surface area contributed by atoms with Gasteiger partial charge in [-0.15, -0.1) is 0 Å². The van der Waals surface area contributed by atoms with E-state index in [-0.39, 0.29) is 17.4 Å². The molecule has 1 amide bonds. The van der Waals surface area contributed by atoms with E-state index in [0.717, 1.165) is 0 Å². The summed E-state index contributed by atoms with van der Waals surface area (Å²) in [6, 6.07) is 8.74. The third kappa shape index (κ3) is 5.79. The van der Waals surface area contributed by atoms with Gasteiger partial charge in [-0.1, -0.05) is 41.2 Å². The van der Waals surface area contributed by atoms with E-state index in [1.54, 1.807) is 11.1 Å². The molecule has 25 heavy (non-hydrogen) atoms. The second kappa shape index (κ2) is 9.67. The lowest BCUT2D eigenvalue weighted by Crippen LogP contribution is -2.22. The molecule has 0 aliphatic heterocycles. The van der Waals surface area contributed by atoms with Gasteiger partial charge in [-0.3, -0.25) is 4.79 Å². The molecule has 0 bridgehead atoms. The minimum atomic E-state index is -0.164. The van der Waals surface area contributed by atoms with Crippen molar-refractivity contribution in [1.29, 1.82) is 0 Å². The number of nitrogens with two attached hydrogens (primary N) is 1. The molecule has 0 fully saturated rings. The number of thioether (sulfide) groups is 1. The van der Waals surface area contributed by atoms with Crippen LogP contribution in [0.4, 0.5) is 0 Å². The molecule has 0 atom stereocenters. The largest absolute Gasteiger partial charge is 0.409 e. The molecular weight excluding hydrogens is 342 g/mol. The Morgan fingerprint density at radius 2 is 2.04 bits per heavy atom. The second-order valence-electron chi connectivity index (χ2n) is 5.36. The van der Waals surface area contributed by atoms with E-state index in [9.17, 15) is 4.79 Å². The van der Waals surface area contributed by atoms with E-state index in [1.807, 2.05) is 0 Å². The fraction of sp³-hybridized carbons (Fsp3) is 0.375. The van der Waals surface area contributed by atoms with Gasteiger partial charge in [0.25, 0.3) is 0 Å². The molecule has 134 valence electrons. The molecule has 0 unspecified atom stereocenters. The zero-order valence-corrected chi connectivity index (χ0v) is 14.8. The summed E-state index contributed by atoms with van der Waals surface area (Å²) in [6.45, 7) is 1.92. The van der Waals surface area contributed by atoms with Gasteiger partial charge in [-0.2, -0.15) is 0 Å². The molecule has 1 aromatic carbocycles. The van der Waals surface area contributed by atoms with Crippen LogP contribution in [0.5, 0.6) is 0 Å². The first kappa shape index (κ1) is 18.8. The summed E-state index contributed by atoms with van der Waals surface area (Å²) < 4.78 is 4.47. The highest BCUT2D eigenvalue weighted by Gasteiger charge is 2.14. The maximum Gasteiger partial charge on any atom is 0.216 e. The number of fused-ring (bicyclic) bond motifs is 1. The summed E-state index contributed by atoms with van der Waals surface area (Å²) in [5.41, 5.74) is 8.67. The molecule has 0 spiro atoms. The van der Waals surface area contributed by atoms with Gasteiger partial charge in [0.15, 0.2) is 16.6 Å². The van der Waals surface area contributed by atoms with Crippen molar-refractivity contribution in [1.82, 2.24) is 15.6 Å². The van der Waals surface area contributed by atoms with Crippen LogP contribution in [0, 0.1) is 0 Å². The van der Waals surface area contributed by atoms with Gasteiger partial charge in [-0.25, -0.2) is 4.63 Å². The first-order valence-electron chi connectivity index (χ1n) is 7.86. The van der Waals surface area contributed by atoms with Crippen LogP contribution in [-0.2, 0) is 17.6 Å². The van der Waals surface area contributed by atoms with Crippen LogP contribution in [0.15, 0.2) is 39.1 Å². The molecule has 3 rings (SSSR count). The summed E-state index contributed by atoms with van der Waals surface area (Å²) in [6.07, 6.45) is 3.96. The average Bonchev–Trinajstić information content (AvgIpc) is 3.27. The lowest BCUT2D eigenvalue weighted by Gasteiger charge is -2.00. The summed E-state index contributed by atoms with van der Waals surface area (Å²) in [5.74, 6) is 0.318. The highest BCUT2D eigenvalue weighted by molar-refractivity contribution is 7.99. The van der Waals surface area contributed by atoms with E-state index >= 15 is 0 Å². The number of benzene rings is 1. The van der Waals surface area contributed by atoms with Crippen molar-refractivity contribution < 1.29 is 14.6 Å². The van der Waals surface area contributed by atoms with Crippen LogP contribution in [-0.4, -0.2) is 39.6 Å². The number of amidine groups is 1. The zero-order valence-electron chi connectivity index (χ0n) is 13.9. The SMILES string of the molecule is CC(=O)NCCSc1nonc1/C(N)=N/O.c1ccc2c(c1)CCC2. The molecule has 9 heteroatoms. The van der Waals surface area contributed by atoms with Gasteiger partial charge >= 0.3 is 0 Å². The number of oxime groups is 1. The molecular formula is C16H21N5O3S. The van der Waals surface area contributed by atoms with Crippen molar-refractivity contribution in [3.63, 3.8) is 0 Å². The molecule has 2 aromatic rings. The summed E-state index contributed by atoms with van der Waals surface area (Å²) in [4.78, 5) is 10.6. The van der Waals surface area contributed by atoms with Gasteiger partial charge in [-0.05, 0) is 40.7 Å². The molecule has 4 N–H and O–H groups in total. The molecule has 8 nitrogen and oxygen atoms in total. The molecule has 0 saturated heterocycles. The highest BCUT2D eigenvalue weighted by atomic mass is 32.2. The number of carbonyl (C=O) groups is 1. The van der Waals surface area contributed by atoms with Gasteiger partial charge in [0.05, 0.1) is 0 Å². The zero-order chi connectivity index (χ0) is 18.1. The summed E-state index contributed by atoms with van der Waals surface area (Å²) in [5, 5.41) is 21.4. The first-order chi connectivity index (χ1) is 12.1. The maximum atomic E-state index is 10.6. The van der Waals surface area contributed by atoms with Crippen molar-refractivity contribution in [2.24, 2.45) is 10.9 Å². The van der Waals surface area contributed by atoms with Gasteiger partial charge in [0.2, 0.25) is 5.91 Å². The Labute approximate surface area is 149 Å². The van der Waals surface area contributed by atoms with Crippen molar-refractivity contribution in [3.05, 3.63) is 41.1 Å². The number of amides is 1. The topological polar surface area (TPSA) is 127 Å². The fourth-order valence-electron chi connectivity index (χ4n) is 2.37. The Morgan fingerprint density at radius 1 is 1.36 bits per heavy atom. The number of carbonyl (C=O) groups excluding carboxylic acids is 1. The standard InChI is InChI=1S/C9H10.C7H11N5O3S/c1-2-5-9-7-3-6-8(9)4-1;1-4(13)9-2-3-16-7-5(6(8)10-14)11-15-12-7/h1-2,4-5H,3,6-7H2;14H,2-3H2,1H3,(H2,8,10)(H,9,13). The van der Waals surface area contributed by atoms with E-state index < -0.39 is 0 Å². The van der Waals surface area contributed by atoms with Crippen LogP contribution >= 0.6 is 11.8 Å². The van der Waals surface area contributed by atoms with Gasteiger partial charge < -0.3 is 16.3 Å². The maximum absolute atomic E-state index is 10.6. The fourth-order valence-corrected chi connectivity index (χ4v) is 3.13. The predicted octanol–water partition coefficient (Wildman–Crippen LogP) is 1.57. The Hall–Kier alpha value is -2.55. The van der Waals surface area contributed by atoms with Crippen LogP contribution in [0.3, 0.4) is 0 Å². The Balaban J connectivity index is 0.000000208. The molecule has 1 heterocycles. The molecule has 1 aliphatic carbocycles. The number of hydrogen-bond donors (Lipinski definition) is 3. The third-order valence-electron chi connectivity index (χ3n) is 3.53. The highest BCUT2D eigenvalue weighted by Crippen LogP contribution is 2.20. The molecule has 1 aliphatic rings. The van der Waals surface area contributed by atoms with Crippen molar-refractivity contribution in [2.45, 2.75) is 31.2 Å². The minimum absolute atomic E-state index is 0.101. The lowest BCUT2D eigenvalue weighted by atomic mass is 10.1. The van der Waals surface area contributed by atoms with Crippen LogP contribution in [0.25, 0.3) is 0 Å². The number of aromatic nitrogens is 2. The Kier molecular flexibility index (Phi) is 7.27. The van der Waals surface area contributed by atoms with Gasteiger partial charge in [0.1, 0.15) is 0 Å². The number of rotatable bonds is 5. The number of hydrogen-bond acceptors (Lipinski definition) is 7. The average molecular weight is 363 g/mol. The first-order valence-corrected chi connectivity index (χ1v) is 8.85. The number of nitrogens with one attached hydrogen (secondary N) is 1. The van der Waals surface area contributed by atoms with Crippen molar-refractivity contribution in [3.8, 4) is 0 Å². The van der Waals surface area contributed by atoms with E-state index in [1.165, 1.54) is 37.9 Å². The normalized spacial score (nSPS) is 12.9. The van der Waals surface area contributed by atoms with Crippen molar-refractivity contribution >= 4 is 23.5 Å². The molecule has 0 saturated carbocycles. The molecule has 0 radical (unpaired) electrons. The van der Waals surface area contributed by atoms with Crippen LogP contribution in [0.2, 0.25) is 0 Å². The lowest BCUT2D eigenvalue weighted by molar-refractivity contribution is -0.118. The van der Waals surface area contributed by atoms with Gasteiger partial charge in [0, 0.05) is 19.2 Å². The van der Waals surface area contributed by atoms with Crippen LogP contribution in [0.1, 0.15) is 30.2 Å². The minimum Gasteiger partial charge on any atom is -0.409 e. The monoisotopic (exact) mass is 363 g/mol. The predicted molar refractivity (Wildman–Crippen MR) is 94.7 cm³/mol. The van der Waals surface area contributed by atoms with E-state index in [0.29, 0.717) is 17.3 Å². The Bertz CT molecular complexity index is 709. The molecule has 1 aromatic heterocycles.